The van der Waals surface area contributed by atoms with Crippen molar-refractivity contribution in [2.75, 3.05) is 12.3 Å². The first-order valence-corrected chi connectivity index (χ1v) is 9.72. The summed E-state index contributed by atoms with van der Waals surface area (Å²) in [6.07, 6.45) is 11.2. The van der Waals surface area contributed by atoms with Gasteiger partial charge < -0.3 is 0 Å². The van der Waals surface area contributed by atoms with Crippen molar-refractivity contribution in [2.24, 2.45) is 0 Å². The summed E-state index contributed by atoms with van der Waals surface area (Å²) >= 11 is 0. The molecule has 0 aliphatic carbocycles. The van der Waals surface area contributed by atoms with Crippen LogP contribution in [0.2, 0.25) is 0 Å². The molecule has 0 spiro atoms. The molecule has 0 atom stereocenters. The molecule has 0 saturated heterocycles. The smallest absolute Gasteiger partial charge is 0.0211 e. The van der Waals surface area contributed by atoms with Crippen LogP contribution < -0.4 is 5.30 Å². The predicted octanol–water partition coefficient (Wildman–Crippen LogP) is 5.79. The zero-order valence-electron chi connectivity index (χ0n) is 13.3. The van der Waals surface area contributed by atoms with Gasteiger partial charge in [0.05, 0.1) is 0 Å². The van der Waals surface area contributed by atoms with Crippen LogP contribution in [0.3, 0.4) is 0 Å². The Kier molecular flexibility index (Phi) is 8.38. The maximum atomic E-state index is 2.41. The fourth-order valence-electron chi connectivity index (χ4n) is 2.62. The summed E-state index contributed by atoms with van der Waals surface area (Å²) in [4.78, 5) is 0. The van der Waals surface area contributed by atoms with E-state index in [1.807, 2.05) is 0 Å². The van der Waals surface area contributed by atoms with Gasteiger partial charge >= 0.3 is 0 Å². The second-order valence-corrected chi connectivity index (χ2v) is 8.15. The molecule has 1 aromatic rings. The molecule has 0 aromatic heterocycles. The number of aryl methyl sites for hydroxylation is 2. The molecule has 0 N–H and O–H groups in total. The van der Waals surface area contributed by atoms with Gasteiger partial charge in [0.25, 0.3) is 0 Å². The van der Waals surface area contributed by atoms with Gasteiger partial charge in [-0.2, -0.15) is 0 Å². The van der Waals surface area contributed by atoms with Gasteiger partial charge in [-0.3, -0.25) is 0 Å². The number of rotatable bonds is 9. The first kappa shape index (κ1) is 16.7. The van der Waals surface area contributed by atoms with E-state index in [2.05, 4.69) is 45.9 Å². The van der Waals surface area contributed by atoms with Crippen LogP contribution in [0.25, 0.3) is 0 Å². The summed E-state index contributed by atoms with van der Waals surface area (Å²) < 4.78 is 0. The van der Waals surface area contributed by atoms with Gasteiger partial charge in [0.2, 0.25) is 0 Å². The largest absolute Gasteiger partial charge is 0.0750 e. The molecule has 0 amide bonds. The molecule has 0 aliphatic heterocycles. The van der Waals surface area contributed by atoms with Gasteiger partial charge in [-0.15, -0.1) is 0 Å². The predicted molar refractivity (Wildman–Crippen MR) is 91.3 cm³/mol. The van der Waals surface area contributed by atoms with E-state index < -0.39 is 0 Å². The summed E-state index contributed by atoms with van der Waals surface area (Å²) in [5.41, 5.74) is 2.93. The van der Waals surface area contributed by atoms with Crippen molar-refractivity contribution >= 4 is 13.2 Å². The average Bonchev–Trinajstić information content (AvgIpc) is 2.38. The molecule has 1 heteroatoms. The van der Waals surface area contributed by atoms with Crippen molar-refractivity contribution in [1.82, 2.24) is 0 Å². The summed E-state index contributed by atoms with van der Waals surface area (Å²) in [7, 11) is 0.0878. The minimum atomic E-state index is 0.0878. The maximum Gasteiger partial charge on any atom is -0.0211 e. The lowest BCUT2D eigenvalue weighted by Gasteiger charge is -2.20. The maximum absolute atomic E-state index is 2.41. The van der Waals surface area contributed by atoms with Crippen LogP contribution in [0.1, 0.15) is 63.5 Å². The highest BCUT2D eigenvalue weighted by Crippen LogP contribution is 2.38. The van der Waals surface area contributed by atoms with Crippen LogP contribution in [-0.2, 0) is 0 Å². The molecule has 0 radical (unpaired) electrons. The first-order valence-electron chi connectivity index (χ1n) is 8.01. The fourth-order valence-corrected chi connectivity index (χ4v) is 5.38. The highest BCUT2D eigenvalue weighted by molar-refractivity contribution is 7.65. The van der Waals surface area contributed by atoms with Gasteiger partial charge in [0.1, 0.15) is 0 Å². The normalized spacial score (nSPS) is 11.2. The van der Waals surface area contributed by atoms with Crippen LogP contribution in [-0.4, -0.2) is 12.3 Å². The Balaban J connectivity index is 2.69. The second kappa shape index (κ2) is 9.54. The van der Waals surface area contributed by atoms with E-state index in [0.717, 1.165) is 0 Å². The Morgan fingerprint density at radius 1 is 0.842 bits per heavy atom. The molecule has 0 nitrogen and oxygen atoms in total. The van der Waals surface area contributed by atoms with E-state index in [1.54, 1.807) is 5.30 Å². The third-order valence-electron chi connectivity index (χ3n) is 3.76. The minimum Gasteiger partial charge on any atom is -0.0750 e. The quantitative estimate of drug-likeness (QED) is 0.396. The van der Waals surface area contributed by atoms with Crippen LogP contribution in [0.15, 0.2) is 18.2 Å². The highest BCUT2D eigenvalue weighted by Gasteiger charge is 2.12. The molecule has 108 valence electrons. The molecule has 0 unspecified atom stereocenters. The van der Waals surface area contributed by atoms with E-state index in [9.17, 15) is 0 Å². The van der Waals surface area contributed by atoms with E-state index >= 15 is 0 Å². The Bertz CT molecular complexity index is 347. The molecule has 0 heterocycles. The molecule has 0 aliphatic rings. The van der Waals surface area contributed by atoms with Gasteiger partial charge in [-0.25, -0.2) is 0 Å². The number of unbranched alkanes of at least 4 members (excludes halogenated alkanes) is 4. The van der Waals surface area contributed by atoms with E-state index in [4.69, 9.17) is 0 Å². The summed E-state index contributed by atoms with van der Waals surface area (Å²) in [6.45, 7) is 9.11. The van der Waals surface area contributed by atoms with E-state index in [0.29, 0.717) is 0 Å². The fraction of sp³-hybridized carbons (Fsp3) is 0.667. The summed E-state index contributed by atoms with van der Waals surface area (Å²) in [5, 5.41) is 1.67. The van der Waals surface area contributed by atoms with E-state index in [-0.39, 0.29) is 7.92 Å². The van der Waals surface area contributed by atoms with Crippen LogP contribution in [0.4, 0.5) is 0 Å². The Morgan fingerprint density at radius 3 is 1.89 bits per heavy atom. The molecular weight excluding hydrogens is 247 g/mol. The van der Waals surface area contributed by atoms with Crippen molar-refractivity contribution in [2.45, 2.75) is 66.2 Å². The molecule has 0 saturated carbocycles. The minimum absolute atomic E-state index is 0.0878. The zero-order valence-corrected chi connectivity index (χ0v) is 14.2. The zero-order chi connectivity index (χ0) is 14.1. The van der Waals surface area contributed by atoms with Crippen LogP contribution in [0.5, 0.6) is 0 Å². The number of hydrogen-bond acceptors (Lipinski definition) is 0. The van der Waals surface area contributed by atoms with Crippen molar-refractivity contribution in [3.63, 3.8) is 0 Å². The Morgan fingerprint density at radius 2 is 1.42 bits per heavy atom. The van der Waals surface area contributed by atoms with Crippen molar-refractivity contribution < 1.29 is 0 Å². The van der Waals surface area contributed by atoms with Crippen molar-refractivity contribution in [1.29, 1.82) is 0 Å². The lowest BCUT2D eigenvalue weighted by molar-refractivity contribution is 0.763. The standard InChI is InChI=1S/C18H31P/c1-5-7-9-13-19(14-10-8-6-2)18-12-11-16(3)15-17(18)4/h11-12,15H,5-10,13-14H2,1-4H3. The van der Waals surface area contributed by atoms with Crippen LogP contribution in [0, 0.1) is 13.8 Å². The molecule has 1 rings (SSSR count). The number of benzene rings is 1. The third-order valence-corrected chi connectivity index (χ3v) is 6.65. The first-order chi connectivity index (χ1) is 9.19. The topological polar surface area (TPSA) is 0 Å². The number of hydrogen-bond donors (Lipinski definition) is 0. The molecule has 0 bridgehead atoms. The van der Waals surface area contributed by atoms with Gasteiger partial charge in [0, 0.05) is 0 Å². The Hall–Kier alpha value is -0.350. The lowest BCUT2D eigenvalue weighted by atomic mass is 10.2. The average molecular weight is 278 g/mol. The molecular formula is C18H31P. The summed E-state index contributed by atoms with van der Waals surface area (Å²) in [6, 6.07) is 7.08. The van der Waals surface area contributed by atoms with Gasteiger partial charge in [-0.05, 0) is 49.9 Å². The van der Waals surface area contributed by atoms with E-state index in [1.165, 1.54) is 62.0 Å². The van der Waals surface area contributed by atoms with Gasteiger partial charge in [-0.1, -0.05) is 71.2 Å². The lowest BCUT2D eigenvalue weighted by Crippen LogP contribution is -2.10. The van der Waals surface area contributed by atoms with Crippen molar-refractivity contribution in [3.05, 3.63) is 29.3 Å². The SMILES string of the molecule is CCCCCP(CCCCC)c1ccc(C)cc1C. The summed E-state index contributed by atoms with van der Waals surface area (Å²) in [5.74, 6) is 0. The van der Waals surface area contributed by atoms with Crippen LogP contribution >= 0.6 is 7.92 Å². The third kappa shape index (κ3) is 6.09. The molecule has 0 fully saturated rings. The second-order valence-electron chi connectivity index (χ2n) is 5.69. The molecule has 1 aromatic carbocycles. The monoisotopic (exact) mass is 278 g/mol. The molecule has 19 heavy (non-hydrogen) atoms. The highest BCUT2D eigenvalue weighted by atomic mass is 31.1. The Labute approximate surface area is 121 Å². The van der Waals surface area contributed by atoms with Crippen molar-refractivity contribution in [3.8, 4) is 0 Å². The van der Waals surface area contributed by atoms with Gasteiger partial charge in [0.15, 0.2) is 0 Å².